The van der Waals surface area contributed by atoms with Crippen LogP contribution in [0, 0.1) is 6.92 Å². The third-order valence-corrected chi connectivity index (χ3v) is 3.98. The Balaban J connectivity index is 1.61. The molecule has 5 nitrogen and oxygen atoms in total. The molecule has 1 amide bonds. The zero-order chi connectivity index (χ0) is 13.9. The number of hydrogen-bond acceptors (Lipinski definition) is 5. The molecule has 2 heterocycles. The van der Waals surface area contributed by atoms with E-state index in [0.717, 1.165) is 5.56 Å². The molecule has 0 bridgehead atoms. The van der Waals surface area contributed by atoms with E-state index in [9.17, 15) is 4.79 Å². The standard InChI is InChI=1S/C14H13N3O2S/c1-9-12(17-19-16-9)7-14(18)15-8-10-2-3-13-11(6-10)4-5-20-13/h2-6H,7-8H2,1H3,(H,15,18). The molecule has 0 fully saturated rings. The Morgan fingerprint density at radius 2 is 2.25 bits per heavy atom. The lowest BCUT2D eigenvalue weighted by atomic mass is 10.1. The third-order valence-electron chi connectivity index (χ3n) is 3.08. The Kier molecular flexibility index (Phi) is 3.47. The van der Waals surface area contributed by atoms with Crippen LogP contribution in [0.3, 0.4) is 0 Å². The number of benzene rings is 1. The normalized spacial score (nSPS) is 10.8. The summed E-state index contributed by atoms with van der Waals surface area (Å²) in [5.74, 6) is -0.0887. The summed E-state index contributed by atoms with van der Waals surface area (Å²) in [6, 6.07) is 8.28. The Morgan fingerprint density at radius 1 is 1.35 bits per heavy atom. The number of thiophene rings is 1. The van der Waals surface area contributed by atoms with Gasteiger partial charge in [0, 0.05) is 11.2 Å². The minimum absolute atomic E-state index is 0.0887. The maximum absolute atomic E-state index is 11.8. The predicted molar refractivity (Wildman–Crippen MR) is 76.4 cm³/mol. The van der Waals surface area contributed by atoms with Gasteiger partial charge < -0.3 is 5.32 Å². The smallest absolute Gasteiger partial charge is 0.226 e. The zero-order valence-electron chi connectivity index (χ0n) is 10.9. The Bertz CT molecular complexity index is 748. The summed E-state index contributed by atoms with van der Waals surface area (Å²) >= 11 is 1.71. The highest BCUT2D eigenvalue weighted by molar-refractivity contribution is 7.17. The largest absolute Gasteiger partial charge is 0.352 e. The van der Waals surface area contributed by atoms with Gasteiger partial charge in [0.1, 0.15) is 11.4 Å². The van der Waals surface area contributed by atoms with Crippen molar-refractivity contribution >= 4 is 27.3 Å². The van der Waals surface area contributed by atoms with Gasteiger partial charge in [-0.1, -0.05) is 16.4 Å². The van der Waals surface area contributed by atoms with E-state index in [4.69, 9.17) is 0 Å². The van der Waals surface area contributed by atoms with Gasteiger partial charge in [-0.2, -0.15) is 0 Å². The molecule has 102 valence electrons. The minimum Gasteiger partial charge on any atom is -0.352 e. The molecule has 0 spiro atoms. The predicted octanol–water partition coefficient (Wildman–Crippen LogP) is 2.45. The second-order valence-corrected chi connectivity index (χ2v) is 5.49. The molecule has 0 atom stereocenters. The molecule has 0 radical (unpaired) electrons. The van der Waals surface area contributed by atoms with Crippen LogP contribution in [-0.2, 0) is 17.8 Å². The van der Waals surface area contributed by atoms with Gasteiger partial charge in [0.25, 0.3) is 0 Å². The Hall–Kier alpha value is -2.21. The van der Waals surface area contributed by atoms with Crippen molar-refractivity contribution in [2.75, 3.05) is 0 Å². The number of nitrogens with one attached hydrogen (secondary N) is 1. The highest BCUT2D eigenvalue weighted by Gasteiger charge is 2.10. The van der Waals surface area contributed by atoms with Gasteiger partial charge in [-0.15, -0.1) is 11.3 Å². The average molecular weight is 287 g/mol. The van der Waals surface area contributed by atoms with Crippen molar-refractivity contribution in [3.8, 4) is 0 Å². The van der Waals surface area contributed by atoms with E-state index in [1.807, 2.05) is 6.07 Å². The molecule has 2 aromatic heterocycles. The van der Waals surface area contributed by atoms with Crippen LogP contribution in [-0.4, -0.2) is 16.2 Å². The van der Waals surface area contributed by atoms with Crippen molar-refractivity contribution in [1.82, 2.24) is 15.6 Å². The van der Waals surface area contributed by atoms with Crippen LogP contribution >= 0.6 is 11.3 Å². The lowest BCUT2D eigenvalue weighted by Crippen LogP contribution is -2.24. The maximum Gasteiger partial charge on any atom is 0.226 e. The molecule has 0 aliphatic heterocycles. The van der Waals surface area contributed by atoms with Crippen LogP contribution in [0.25, 0.3) is 10.1 Å². The number of rotatable bonds is 4. The fourth-order valence-corrected chi connectivity index (χ4v) is 2.72. The van der Waals surface area contributed by atoms with Gasteiger partial charge in [0.15, 0.2) is 0 Å². The van der Waals surface area contributed by atoms with E-state index in [0.29, 0.717) is 17.9 Å². The van der Waals surface area contributed by atoms with Crippen LogP contribution < -0.4 is 5.32 Å². The number of hydrogen-bond donors (Lipinski definition) is 1. The van der Waals surface area contributed by atoms with Crippen molar-refractivity contribution in [1.29, 1.82) is 0 Å². The van der Waals surface area contributed by atoms with Crippen molar-refractivity contribution in [3.63, 3.8) is 0 Å². The molecule has 0 aliphatic rings. The lowest BCUT2D eigenvalue weighted by molar-refractivity contribution is -0.120. The summed E-state index contributed by atoms with van der Waals surface area (Å²) in [4.78, 5) is 11.8. The molecule has 1 aromatic carbocycles. The average Bonchev–Trinajstić information content (AvgIpc) is 3.05. The highest BCUT2D eigenvalue weighted by atomic mass is 32.1. The van der Waals surface area contributed by atoms with E-state index >= 15 is 0 Å². The Labute approximate surface area is 119 Å². The number of fused-ring (bicyclic) bond motifs is 1. The minimum atomic E-state index is -0.0887. The molecule has 0 saturated heterocycles. The van der Waals surface area contributed by atoms with E-state index in [-0.39, 0.29) is 12.3 Å². The van der Waals surface area contributed by atoms with Crippen LogP contribution in [0.1, 0.15) is 17.0 Å². The summed E-state index contributed by atoms with van der Waals surface area (Å²) in [5.41, 5.74) is 2.31. The maximum atomic E-state index is 11.8. The highest BCUT2D eigenvalue weighted by Crippen LogP contribution is 2.21. The van der Waals surface area contributed by atoms with Gasteiger partial charge >= 0.3 is 0 Å². The number of nitrogens with zero attached hydrogens (tertiary/aromatic N) is 2. The Morgan fingerprint density at radius 3 is 3.05 bits per heavy atom. The molecule has 1 N–H and O–H groups in total. The number of carbonyl (C=O) groups is 1. The number of aromatic nitrogens is 2. The summed E-state index contributed by atoms with van der Waals surface area (Å²) in [7, 11) is 0. The first-order valence-electron chi connectivity index (χ1n) is 6.23. The van der Waals surface area contributed by atoms with Gasteiger partial charge in [0.05, 0.1) is 6.42 Å². The van der Waals surface area contributed by atoms with E-state index in [1.165, 1.54) is 10.1 Å². The molecule has 6 heteroatoms. The summed E-state index contributed by atoms with van der Waals surface area (Å²) < 4.78 is 5.82. The first-order chi connectivity index (χ1) is 9.72. The molecule has 3 aromatic rings. The fraction of sp³-hybridized carbons (Fsp3) is 0.214. The summed E-state index contributed by atoms with van der Waals surface area (Å²) in [6.45, 7) is 2.28. The molecule has 0 saturated carbocycles. The zero-order valence-corrected chi connectivity index (χ0v) is 11.7. The van der Waals surface area contributed by atoms with Crippen LogP contribution in [0.15, 0.2) is 34.3 Å². The summed E-state index contributed by atoms with van der Waals surface area (Å²) in [6.07, 6.45) is 0.191. The van der Waals surface area contributed by atoms with Crippen molar-refractivity contribution in [2.24, 2.45) is 0 Å². The quantitative estimate of drug-likeness (QED) is 0.800. The molecule has 3 rings (SSSR count). The van der Waals surface area contributed by atoms with Crippen molar-refractivity contribution in [3.05, 3.63) is 46.6 Å². The van der Waals surface area contributed by atoms with Crippen molar-refractivity contribution in [2.45, 2.75) is 19.9 Å². The topological polar surface area (TPSA) is 68.0 Å². The third kappa shape index (κ3) is 2.70. The van der Waals surface area contributed by atoms with Crippen LogP contribution in [0.4, 0.5) is 0 Å². The monoisotopic (exact) mass is 287 g/mol. The molecule has 0 unspecified atom stereocenters. The molecular formula is C14H13N3O2S. The SMILES string of the molecule is Cc1nonc1CC(=O)NCc1ccc2sccc2c1. The first kappa shape index (κ1) is 12.8. The number of amides is 1. The van der Waals surface area contributed by atoms with Gasteiger partial charge in [-0.3, -0.25) is 4.79 Å². The molecular weight excluding hydrogens is 274 g/mol. The number of aryl methyl sites for hydroxylation is 1. The van der Waals surface area contributed by atoms with E-state index in [1.54, 1.807) is 18.3 Å². The lowest BCUT2D eigenvalue weighted by Gasteiger charge is -2.04. The second-order valence-electron chi connectivity index (χ2n) is 4.54. The second kappa shape index (κ2) is 5.42. The van der Waals surface area contributed by atoms with Crippen LogP contribution in [0.2, 0.25) is 0 Å². The van der Waals surface area contributed by atoms with Gasteiger partial charge in [-0.05, 0) is 41.5 Å². The van der Waals surface area contributed by atoms with Gasteiger partial charge in [-0.25, -0.2) is 4.63 Å². The van der Waals surface area contributed by atoms with E-state index < -0.39 is 0 Å². The van der Waals surface area contributed by atoms with Gasteiger partial charge in [0.2, 0.25) is 5.91 Å². The van der Waals surface area contributed by atoms with Crippen LogP contribution in [0.5, 0.6) is 0 Å². The number of carbonyl (C=O) groups excluding carboxylic acids is 1. The van der Waals surface area contributed by atoms with Crippen molar-refractivity contribution < 1.29 is 9.42 Å². The first-order valence-corrected chi connectivity index (χ1v) is 7.11. The molecule has 0 aliphatic carbocycles. The molecule has 20 heavy (non-hydrogen) atoms. The fourth-order valence-electron chi connectivity index (χ4n) is 1.95. The summed E-state index contributed by atoms with van der Waals surface area (Å²) in [5, 5.41) is 13.5. The van der Waals surface area contributed by atoms with E-state index in [2.05, 4.69) is 43.8 Å².